The summed E-state index contributed by atoms with van der Waals surface area (Å²) in [5, 5.41) is 11.6. The zero-order valence-corrected chi connectivity index (χ0v) is 13.4. The van der Waals surface area contributed by atoms with E-state index >= 15 is 0 Å². The van der Waals surface area contributed by atoms with Crippen molar-refractivity contribution in [2.24, 2.45) is 0 Å². The summed E-state index contributed by atoms with van der Waals surface area (Å²) in [6, 6.07) is 12.2. The van der Waals surface area contributed by atoms with Crippen LogP contribution < -0.4 is 9.64 Å². The Morgan fingerprint density at radius 3 is 2.80 bits per heavy atom. The highest BCUT2D eigenvalue weighted by Gasteiger charge is 2.25. The van der Waals surface area contributed by atoms with E-state index < -0.39 is 4.92 Å². The highest BCUT2D eigenvalue weighted by Crippen LogP contribution is 2.26. The van der Waals surface area contributed by atoms with Gasteiger partial charge in [0.25, 0.3) is 5.69 Å². The third kappa shape index (κ3) is 3.21. The van der Waals surface area contributed by atoms with Crippen LogP contribution in [0.15, 0.2) is 54.9 Å². The maximum atomic E-state index is 10.9. The minimum absolute atomic E-state index is 0.0778. The summed E-state index contributed by atoms with van der Waals surface area (Å²) >= 11 is 0. The lowest BCUT2D eigenvalue weighted by atomic mass is 10.2. The van der Waals surface area contributed by atoms with Crippen LogP contribution in [0.3, 0.4) is 0 Å². The van der Waals surface area contributed by atoms with Crippen molar-refractivity contribution in [1.82, 2.24) is 9.97 Å². The van der Waals surface area contributed by atoms with E-state index in [0.29, 0.717) is 0 Å². The van der Waals surface area contributed by atoms with Crippen LogP contribution in [0.25, 0.3) is 10.9 Å². The molecule has 25 heavy (non-hydrogen) atoms. The maximum absolute atomic E-state index is 10.9. The number of nitro benzene ring substituents is 1. The lowest BCUT2D eigenvalue weighted by Gasteiger charge is -2.18. The molecule has 1 fully saturated rings. The largest absolute Gasteiger partial charge is 0.488 e. The molecule has 1 atom stereocenters. The van der Waals surface area contributed by atoms with E-state index in [1.807, 2.05) is 24.3 Å². The number of aromatic nitrogens is 2. The molecule has 1 aliphatic heterocycles. The molecular formula is C18H16N4O3. The van der Waals surface area contributed by atoms with Gasteiger partial charge in [-0.2, -0.15) is 0 Å². The van der Waals surface area contributed by atoms with Gasteiger partial charge < -0.3 is 9.64 Å². The molecule has 0 spiro atoms. The number of hydrogen-bond donors (Lipinski definition) is 0. The average Bonchev–Trinajstić information content (AvgIpc) is 3.10. The van der Waals surface area contributed by atoms with Crippen molar-refractivity contribution in [3.63, 3.8) is 0 Å². The SMILES string of the molecule is O=[N+]([O-])c1ccc2nc(N3CCC(Oc4ccncc4)C3)ccc2c1. The molecule has 0 N–H and O–H groups in total. The highest BCUT2D eigenvalue weighted by molar-refractivity contribution is 5.82. The van der Waals surface area contributed by atoms with Gasteiger partial charge in [-0.3, -0.25) is 15.1 Å². The second-order valence-corrected chi connectivity index (χ2v) is 5.96. The number of nitrogens with zero attached hydrogens (tertiary/aromatic N) is 4. The summed E-state index contributed by atoms with van der Waals surface area (Å²) in [7, 11) is 0. The summed E-state index contributed by atoms with van der Waals surface area (Å²) in [5.74, 6) is 1.68. The van der Waals surface area contributed by atoms with Gasteiger partial charge >= 0.3 is 0 Å². The van der Waals surface area contributed by atoms with Crippen molar-refractivity contribution >= 4 is 22.4 Å². The zero-order valence-electron chi connectivity index (χ0n) is 13.4. The van der Waals surface area contributed by atoms with Crippen LogP contribution in [0, 0.1) is 10.1 Å². The van der Waals surface area contributed by atoms with Gasteiger partial charge in [0.1, 0.15) is 17.7 Å². The number of nitro groups is 1. The normalized spacial score (nSPS) is 17.0. The predicted octanol–water partition coefficient (Wildman–Crippen LogP) is 3.20. The molecule has 0 aliphatic carbocycles. The smallest absolute Gasteiger partial charge is 0.270 e. The number of rotatable bonds is 4. The fourth-order valence-corrected chi connectivity index (χ4v) is 3.03. The van der Waals surface area contributed by atoms with Crippen LogP contribution in [-0.2, 0) is 0 Å². The molecule has 3 aromatic rings. The molecule has 1 aliphatic rings. The van der Waals surface area contributed by atoms with Crippen molar-refractivity contribution in [1.29, 1.82) is 0 Å². The van der Waals surface area contributed by atoms with E-state index in [2.05, 4.69) is 14.9 Å². The van der Waals surface area contributed by atoms with Gasteiger partial charge in [-0.05, 0) is 30.3 Å². The first kappa shape index (κ1) is 15.3. The third-order valence-electron chi connectivity index (χ3n) is 4.29. The Balaban J connectivity index is 1.50. The lowest BCUT2D eigenvalue weighted by Crippen LogP contribution is -2.25. The summed E-state index contributed by atoms with van der Waals surface area (Å²) < 4.78 is 5.97. The van der Waals surface area contributed by atoms with Crippen molar-refractivity contribution in [2.75, 3.05) is 18.0 Å². The first-order valence-electron chi connectivity index (χ1n) is 8.06. The average molecular weight is 336 g/mol. The van der Waals surface area contributed by atoms with Crippen molar-refractivity contribution < 1.29 is 9.66 Å². The summed E-state index contributed by atoms with van der Waals surface area (Å²) in [4.78, 5) is 21.3. The van der Waals surface area contributed by atoms with E-state index in [4.69, 9.17) is 4.74 Å². The molecular weight excluding hydrogens is 320 g/mol. The second kappa shape index (κ2) is 6.35. The Morgan fingerprint density at radius 1 is 1.16 bits per heavy atom. The molecule has 126 valence electrons. The highest BCUT2D eigenvalue weighted by atomic mass is 16.6. The Hall–Kier alpha value is -3.22. The van der Waals surface area contributed by atoms with E-state index in [-0.39, 0.29) is 11.8 Å². The van der Waals surface area contributed by atoms with Crippen LogP contribution in [-0.4, -0.2) is 34.1 Å². The van der Waals surface area contributed by atoms with Gasteiger partial charge in [-0.1, -0.05) is 0 Å². The molecule has 1 saturated heterocycles. The number of benzene rings is 1. The standard InChI is InChI=1S/C18H16N4O3/c23-22(24)14-2-3-17-13(11-14)1-4-18(20-17)21-10-7-16(12-21)25-15-5-8-19-9-6-15/h1-6,8-9,11,16H,7,10,12H2. The number of non-ortho nitro benzene ring substituents is 1. The number of ether oxygens (including phenoxy) is 1. The number of pyridine rings is 2. The van der Waals surface area contributed by atoms with Crippen LogP contribution >= 0.6 is 0 Å². The quantitative estimate of drug-likeness (QED) is 0.537. The molecule has 7 heteroatoms. The maximum Gasteiger partial charge on any atom is 0.270 e. The summed E-state index contributed by atoms with van der Waals surface area (Å²) in [5.41, 5.74) is 0.829. The van der Waals surface area contributed by atoms with Gasteiger partial charge in [0.2, 0.25) is 0 Å². The topological polar surface area (TPSA) is 81.4 Å². The summed E-state index contributed by atoms with van der Waals surface area (Å²) in [6.07, 6.45) is 4.46. The third-order valence-corrected chi connectivity index (χ3v) is 4.29. The van der Waals surface area contributed by atoms with Gasteiger partial charge in [-0.25, -0.2) is 4.98 Å². The Labute approximate surface area is 144 Å². The monoisotopic (exact) mass is 336 g/mol. The predicted molar refractivity (Wildman–Crippen MR) is 93.9 cm³/mol. The van der Waals surface area contributed by atoms with E-state index in [9.17, 15) is 10.1 Å². The number of hydrogen-bond acceptors (Lipinski definition) is 6. The van der Waals surface area contributed by atoms with E-state index in [1.165, 1.54) is 6.07 Å². The van der Waals surface area contributed by atoms with Gasteiger partial charge in [0.05, 0.1) is 17.0 Å². The molecule has 0 bridgehead atoms. The molecule has 3 heterocycles. The fourth-order valence-electron chi connectivity index (χ4n) is 3.03. The minimum atomic E-state index is -0.394. The molecule has 1 unspecified atom stereocenters. The Kier molecular flexibility index (Phi) is 3.89. The first-order valence-corrected chi connectivity index (χ1v) is 8.06. The number of fused-ring (bicyclic) bond motifs is 1. The minimum Gasteiger partial charge on any atom is -0.488 e. The molecule has 2 aromatic heterocycles. The van der Waals surface area contributed by atoms with E-state index in [0.717, 1.165) is 42.0 Å². The molecule has 0 saturated carbocycles. The van der Waals surface area contributed by atoms with Crippen molar-refractivity contribution in [3.05, 3.63) is 65.0 Å². The van der Waals surface area contributed by atoms with Crippen LogP contribution in [0.2, 0.25) is 0 Å². The Bertz CT molecular complexity index is 917. The summed E-state index contributed by atoms with van der Waals surface area (Å²) in [6.45, 7) is 1.62. The molecule has 0 amide bonds. The molecule has 1 aromatic carbocycles. The van der Waals surface area contributed by atoms with Gasteiger partial charge in [-0.15, -0.1) is 0 Å². The van der Waals surface area contributed by atoms with Crippen LogP contribution in [0.5, 0.6) is 5.75 Å². The molecule has 0 radical (unpaired) electrons. The molecule has 7 nitrogen and oxygen atoms in total. The van der Waals surface area contributed by atoms with Crippen molar-refractivity contribution in [2.45, 2.75) is 12.5 Å². The first-order chi connectivity index (χ1) is 12.2. The van der Waals surface area contributed by atoms with Gasteiger partial charge in [0.15, 0.2) is 0 Å². The lowest BCUT2D eigenvalue weighted by molar-refractivity contribution is -0.384. The zero-order chi connectivity index (χ0) is 17.2. The van der Waals surface area contributed by atoms with Gasteiger partial charge in [0, 0.05) is 42.9 Å². The van der Waals surface area contributed by atoms with Crippen molar-refractivity contribution in [3.8, 4) is 5.75 Å². The van der Waals surface area contributed by atoms with Crippen LogP contribution in [0.1, 0.15) is 6.42 Å². The fraction of sp³-hybridized carbons (Fsp3) is 0.222. The van der Waals surface area contributed by atoms with Crippen LogP contribution in [0.4, 0.5) is 11.5 Å². The molecule has 4 rings (SSSR count). The number of anilines is 1. The Morgan fingerprint density at radius 2 is 2.00 bits per heavy atom. The second-order valence-electron chi connectivity index (χ2n) is 5.96. The van der Waals surface area contributed by atoms with E-state index in [1.54, 1.807) is 24.5 Å².